The van der Waals surface area contributed by atoms with E-state index in [1.54, 1.807) is 78.9 Å². The van der Waals surface area contributed by atoms with Crippen molar-refractivity contribution in [2.75, 3.05) is 10.8 Å². The molecule has 7 heteroatoms. The minimum Gasteiger partial charge on any atom is -0.352 e. The molecule has 0 heterocycles. The SMILES string of the molecule is O=C(NCCc1ccc(Cl)cc1)c1ccc(CN(c2ccccc2)S(=O)(=O)c2ccccc2)cc1. The first-order chi connectivity index (χ1) is 16.9. The summed E-state index contributed by atoms with van der Waals surface area (Å²) >= 11 is 5.91. The summed E-state index contributed by atoms with van der Waals surface area (Å²) in [6.07, 6.45) is 0.699. The van der Waals surface area contributed by atoms with Crippen molar-refractivity contribution in [1.82, 2.24) is 5.32 Å². The normalized spacial score (nSPS) is 11.1. The first-order valence-electron chi connectivity index (χ1n) is 11.2. The molecule has 0 aromatic heterocycles. The van der Waals surface area contributed by atoms with Gasteiger partial charge in [0.1, 0.15) is 0 Å². The monoisotopic (exact) mass is 504 g/mol. The van der Waals surface area contributed by atoms with Gasteiger partial charge in [0.25, 0.3) is 15.9 Å². The van der Waals surface area contributed by atoms with E-state index in [9.17, 15) is 13.2 Å². The van der Waals surface area contributed by atoms with Crippen molar-refractivity contribution < 1.29 is 13.2 Å². The minimum atomic E-state index is -3.77. The Morgan fingerprint density at radius 2 is 1.31 bits per heavy atom. The molecule has 35 heavy (non-hydrogen) atoms. The zero-order chi connectivity index (χ0) is 24.7. The van der Waals surface area contributed by atoms with Crippen molar-refractivity contribution in [1.29, 1.82) is 0 Å². The van der Waals surface area contributed by atoms with Gasteiger partial charge < -0.3 is 5.32 Å². The van der Waals surface area contributed by atoms with Gasteiger partial charge in [-0.25, -0.2) is 8.42 Å². The van der Waals surface area contributed by atoms with Crippen LogP contribution in [0.15, 0.2) is 114 Å². The number of amides is 1. The van der Waals surface area contributed by atoms with Crippen LogP contribution in [0.3, 0.4) is 0 Å². The van der Waals surface area contributed by atoms with E-state index < -0.39 is 10.0 Å². The Morgan fingerprint density at radius 1 is 0.743 bits per heavy atom. The van der Waals surface area contributed by atoms with E-state index in [0.717, 1.165) is 11.1 Å². The molecule has 0 aliphatic carbocycles. The highest BCUT2D eigenvalue weighted by Crippen LogP contribution is 2.25. The molecule has 0 saturated carbocycles. The highest BCUT2D eigenvalue weighted by molar-refractivity contribution is 7.92. The number of nitrogens with one attached hydrogen (secondary N) is 1. The van der Waals surface area contributed by atoms with Crippen LogP contribution in [-0.4, -0.2) is 20.9 Å². The first kappa shape index (κ1) is 24.5. The average Bonchev–Trinajstić information content (AvgIpc) is 2.89. The number of nitrogens with zero attached hydrogens (tertiary/aromatic N) is 1. The van der Waals surface area contributed by atoms with Crippen LogP contribution in [0.4, 0.5) is 5.69 Å². The predicted octanol–water partition coefficient (Wildman–Crippen LogP) is 5.71. The van der Waals surface area contributed by atoms with Crippen LogP contribution in [0.5, 0.6) is 0 Å². The molecule has 0 radical (unpaired) electrons. The third-order valence-electron chi connectivity index (χ3n) is 5.53. The lowest BCUT2D eigenvalue weighted by Gasteiger charge is -2.25. The second-order valence-electron chi connectivity index (χ2n) is 7.99. The molecule has 0 bridgehead atoms. The van der Waals surface area contributed by atoms with Crippen LogP contribution in [0.2, 0.25) is 5.02 Å². The van der Waals surface area contributed by atoms with E-state index >= 15 is 0 Å². The molecular formula is C28H25ClN2O3S. The van der Waals surface area contributed by atoms with Crippen LogP contribution in [0, 0.1) is 0 Å². The Bertz CT molecular complexity index is 1360. The highest BCUT2D eigenvalue weighted by atomic mass is 35.5. The van der Waals surface area contributed by atoms with Gasteiger partial charge in [0.2, 0.25) is 0 Å². The quantitative estimate of drug-likeness (QED) is 0.317. The molecule has 0 aliphatic heterocycles. The highest BCUT2D eigenvalue weighted by Gasteiger charge is 2.25. The molecule has 1 amide bonds. The molecule has 0 atom stereocenters. The summed E-state index contributed by atoms with van der Waals surface area (Å²) in [6.45, 7) is 0.638. The Kier molecular flexibility index (Phi) is 7.85. The summed E-state index contributed by atoms with van der Waals surface area (Å²) in [5, 5.41) is 3.60. The Hall–Kier alpha value is -3.61. The molecule has 0 fully saturated rings. The standard InChI is InChI=1S/C28H25ClN2O3S/c29-25-17-13-22(14-18-25)19-20-30-28(32)24-15-11-23(12-16-24)21-31(26-7-3-1-4-8-26)35(33,34)27-9-5-2-6-10-27/h1-18H,19-21H2,(H,30,32). The first-order valence-corrected chi connectivity index (χ1v) is 13.0. The molecule has 0 aliphatic rings. The van der Waals surface area contributed by atoms with E-state index in [0.29, 0.717) is 29.2 Å². The third-order valence-corrected chi connectivity index (χ3v) is 7.57. The van der Waals surface area contributed by atoms with E-state index in [-0.39, 0.29) is 17.3 Å². The number of hydrogen-bond acceptors (Lipinski definition) is 3. The number of para-hydroxylation sites is 1. The number of sulfonamides is 1. The molecule has 0 unspecified atom stereocenters. The summed E-state index contributed by atoms with van der Waals surface area (Å²) in [5.74, 6) is -0.178. The average molecular weight is 505 g/mol. The van der Waals surface area contributed by atoms with Gasteiger partial charge in [-0.3, -0.25) is 9.10 Å². The summed E-state index contributed by atoms with van der Waals surface area (Å²) in [7, 11) is -3.77. The molecule has 4 rings (SSSR count). The zero-order valence-corrected chi connectivity index (χ0v) is 20.5. The van der Waals surface area contributed by atoms with Gasteiger partial charge in [-0.1, -0.05) is 72.3 Å². The maximum absolute atomic E-state index is 13.4. The lowest BCUT2D eigenvalue weighted by Crippen LogP contribution is -2.30. The zero-order valence-electron chi connectivity index (χ0n) is 19.0. The molecule has 5 nitrogen and oxygen atoms in total. The summed E-state index contributed by atoms with van der Waals surface area (Å²) < 4.78 is 28.2. The van der Waals surface area contributed by atoms with Crippen LogP contribution in [-0.2, 0) is 23.0 Å². The number of hydrogen-bond donors (Lipinski definition) is 1. The topological polar surface area (TPSA) is 66.5 Å². The molecule has 4 aromatic rings. The van der Waals surface area contributed by atoms with Crippen molar-refractivity contribution >= 4 is 33.2 Å². The van der Waals surface area contributed by atoms with Crippen molar-refractivity contribution in [2.45, 2.75) is 17.9 Å². The number of benzene rings is 4. The van der Waals surface area contributed by atoms with Crippen LogP contribution in [0.25, 0.3) is 0 Å². The fourth-order valence-corrected chi connectivity index (χ4v) is 5.23. The maximum Gasteiger partial charge on any atom is 0.264 e. The van der Waals surface area contributed by atoms with Gasteiger partial charge in [0.05, 0.1) is 17.1 Å². The summed E-state index contributed by atoms with van der Waals surface area (Å²) in [6, 6.07) is 31.9. The fraction of sp³-hybridized carbons (Fsp3) is 0.107. The van der Waals surface area contributed by atoms with Gasteiger partial charge in [-0.05, 0) is 66.1 Å². The second kappa shape index (κ2) is 11.2. The minimum absolute atomic E-state index is 0.139. The van der Waals surface area contributed by atoms with Gasteiger partial charge in [-0.2, -0.15) is 0 Å². The number of anilines is 1. The smallest absolute Gasteiger partial charge is 0.264 e. The number of rotatable bonds is 9. The van der Waals surface area contributed by atoms with Crippen LogP contribution >= 0.6 is 11.6 Å². The Balaban J connectivity index is 1.46. The lowest BCUT2D eigenvalue weighted by molar-refractivity contribution is 0.0954. The lowest BCUT2D eigenvalue weighted by atomic mass is 10.1. The largest absolute Gasteiger partial charge is 0.352 e. The van der Waals surface area contributed by atoms with E-state index in [1.807, 2.05) is 30.3 Å². The Morgan fingerprint density at radius 3 is 1.94 bits per heavy atom. The van der Waals surface area contributed by atoms with Gasteiger partial charge >= 0.3 is 0 Å². The van der Waals surface area contributed by atoms with Crippen LogP contribution < -0.4 is 9.62 Å². The molecular weight excluding hydrogens is 480 g/mol. The fourth-order valence-electron chi connectivity index (χ4n) is 3.63. The second-order valence-corrected chi connectivity index (χ2v) is 10.3. The maximum atomic E-state index is 13.4. The van der Waals surface area contributed by atoms with Crippen molar-refractivity contribution in [3.05, 3.63) is 131 Å². The molecule has 178 valence electrons. The third kappa shape index (κ3) is 6.29. The van der Waals surface area contributed by atoms with Crippen molar-refractivity contribution in [3.63, 3.8) is 0 Å². The van der Waals surface area contributed by atoms with Gasteiger partial charge in [-0.15, -0.1) is 0 Å². The number of carbonyl (C=O) groups excluding carboxylic acids is 1. The van der Waals surface area contributed by atoms with Gasteiger partial charge in [0, 0.05) is 17.1 Å². The summed E-state index contributed by atoms with van der Waals surface area (Å²) in [4.78, 5) is 12.8. The molecule has 1 N–H and O–H groups in total. The van der Waals surface area contributed by atoms with E-state index in [2.05, 4.69) is 5.32 Å². The molecule has 0 spiro atoms. The molecule has 4 aromatic carbocycles. The predicted molar refractivity (Wildman–Crippen MR) is 140 cm³/mol. The van der Waals surface area contributed by atoms with Crippen molar-refractivity contribution in [3.8, 4) is 0 Å². The van der Waals surface area contributed by atoms with Crippen molar-refractivity contribution in [2.24, 2.45) is 0 Å². The molecule has 0 saturated heterocycles. The number of carbonyl (C=O) groups is 1. The van der Waals surface area contributed by atoms with E-state index in [4.69, 9.17) is 11.6 Å². The Labute approximate surface area is 211 Å². The summed E-state index contributed by atoms with van der Waals surface area (Å²) in [5.41, 5.74) is 2.94. The van der Waals surface area contributed by atoms with E-state index in [1.165, 1.54) is 4.31 Å². The van der Waals surface area contributed by atoms with Crippen LogP contribution in [0.1, 0.15) is 21.5 Å². The number of halogens is 1. The van der Waals surface area contributed by atoms with Gasteiger partial charge in [0.15, 0.2) is 0 Å².